The number of allylic oxidation sites excluding steroid dienone is 1. The van der Waals surface area contributed by atoms with Crippen molar-refractivity contribution in [1.82, 2.24) is 14.8 Å². The molecule has 1 aliphatic heterocycles. The van der Waals surface area contributed by atoms with E-state index in [2.05, 4.69) is 15.4 Å². The zero-order valence-corrected chi connectivity index (χ0v) is 4.78. The Morgan fingerprint density at radius 1 is 1.67 bits per heavy atom. The minimum Gasteiger partial charge on any atom is -0.331 e. The molecule has 4 heteroatoms. The first-order valence-electron chi connectivity index (χ1n) is 2.76. The molecule has 2 heterocycles. The summed E-state index contributed by atoms with van der Waals surface area (Å²) < 4.78 is 1.79. The zero-order valence-electron chi connectivity index (χ0n) is 4.78. The lowest BCUT2D eigenvalue weighted by atomic mass is 10.5. The number of fused-ring (bicyclic) bond motifs is 1. The van der Waals surface area contributed by atoms with E-state index in [1.165, 1.54) is 6.33 Å². The molecule has 46 valence electrons. The Morgan fingerprint density at radius 3 is 3.56 bits per heavy atom. The fourth-order valence-corrected chi connectivity index (χ4v) is 0.796. The molecule has 0 bridgehead atoms. The summed E-state index contributed by atoms with van der Waals surface area (Å²) in [5.74, 6) is 0.817. The smallest absolute Gasteiger partial charge is 0.225 e. The quantitative estimate of drug-likeness (QED) is 0.535. The minimum atomic E-state index is 0.817. The Hall–Kier alpha value is -1.32. The molecule has 0 amide bonds. The fourth-order valence-electron chi connectivity index (χ4n) is 0.796. The van der Waals surface area contributed by atoms with Gasteiger partial charge in [-0.2, -0.15) is 10.1 Å². The third-order valence-corrected chi connectivity index (χ3v) is 1.22. The highest BCUT2D eigenvalue weighted by Crippen LogP contribution is 2.04. The molecule has 1 N–H and O–H groups in total. The van der Waals surface area contributed by atoms with Crippen LogP contribution in [-0.2, 0) is 6.54 Å². The van der Waals surface area contributed by atoms with Crippen LogP contribution in [-0.4, -0.2) is 14.8 Å². The predicted octanol–water partition coefficient (Wildman–Crippen LogP) is 0.217. The Bertz CT molecular complexity index is 214. The van der Waals surface area contributed by atoms with E-state index in [1.54, 1.807) is 4.68 Å². The van der Waals surface area contributed by atoms with Crippen molar-refractivity contribution in [2.45, 2.75) is 6.54 Å². The second kappa shape index (κ2) is 1.58. The lowest BCUT2D eigenvalue weighted by molar-refractivity contribution is 0.699. The van der Waals surface area contributed by atoms with Crippen molar-refractivity contribution >= 4 is 5.95 Å². The maximum Gasteiger partial charge on any atom is 0.225 e. The summed E-state index contributed by atoms with van der Waals surface area (Å²) in [6, 6.07) is 0. The van der Waals surface area contributed by atoms with Gasteiger partial charge in [0.15, 0.2) is 0 Å². The topological polar surface area (TPSA) is 42.7 Å². The monoisotopic (exact) mass is 122 g/mol. The molecule has 4 nitrogen and oxygen atoms in total. The number of anilines is 1. The van der Waals surface area contributed by atoms with Crippen LogP contribution in [0.3, 0.4) is 0 Å². The van der Waals surface area contributed by atoms with Crippen LogP contribution in [0.5, 0.6) is 0 Å². The van der Waals surface area contributed by atoms with Crippen molar-refractivity contribution < 1.29 is 0 Å². The molecule has 0 aliphatic carbocycles. The standard InChI is InChI=1S/C5H6N4/c1-2-6-5-7-4-8-9(5)3-1/h1-2,4H,3H2,(H,6,7,8). The van der Waals surface area contributed by atoms with E-state index in [4.69, 9.17) is 0 Å². The van der Waals surface area contributed by atoms with E-state index < -0.39 is 0 Å². The van der Waals surface area contributed by atoms with Gasteiger partial charge in [-0.05, 0) is 6.08 Å². The Kier molecular flexibility index (Phi) is 0.798. The van der Waals surface area contributed by atoms with Gasteiger partial charge < -0.3 is 5.32 Å². The Morgan fingerprint density at radius 2 is 2.67 bits per heavy atom. The van der Waals surface area contributed by atoms with Crippen LogP contribution in [0.25, 0.3) is 0 Å². The number of rotatable bonds is 0. The van der Waals surface area contributed by atoms with Crippen molar-refractivity contribution in [2.75, 3.05) is 5.32 Å². The van der Waals surface area contributed by atoms with Crippen LogP contribution in [0.15, 0.2) is 18.6 Å². The third kappa shape index (κ3) is 0.595. The predicted molar refractivity (Wildman–Crippen MR) is 32.8 cm³/mol. The largest absolute Gasteiger partial charge is 0.331 e. The van der Waals surface area contributed by atoms with Crippen LogP contribution < -0.4 is 5.32 Å². The Labute approximate surface area is 52.2 Å². The molecule has 0 fully saturated rings. The van der Waals surface area contributed by atoms with E-state index >= 15 is 0 Å². The lowest BCUT2D eigenvalue weighted by Crippen LogP contribution is -2.07. The average molecular weight is 122 g/mol. The summed E-state index contributed by atoms with van der Waals surface area (Å²) in [6.07, 6.45) is 5.39. The van der Waals surface area contributed by atoms with Crippen molar-refractivity contribution in [3.63, 3.8) is 0 Å². The van der Waals surface area contributed by atoms with Crippen molar-refractivity contribution in [2.24, 2.45) is 0 Å². The average Bonchev–Trinajstić information content (AvgIpc) is 2.33. The summed E-state index contributed by atoms with van der Waals surface area (Å²) in [7, 11) is 0. The molecule has 2 rings (SSSR count). The molecule has 0 atom stereocenters. The zero-order chi connectivity index (χ0) is 6.10. The van der Waals surface area contributed by atoms with E-state index in [0.29, 0.717) is 0 Å². The summed E-state index contributed by atoms with van der Waals surface area (Å²) in [5, 5.41) is 6.90. The van der Waals surface area contributed by atoms with Gasteiger partial charge in [0.25, 0.3) is 0 Å². The van der Waals surface area contributed by atoms with Crippen LogP contribution in [0.2, 0.25) is 0 Å². The van der Waals surface area contributed by atoms with E-state index in [0.717, 1.165) is 12.5 Å². The lowest BCUT2D eigenvalue weighted by Gasteiger charge is -2.05. The SMILES string of the molecule is C1=CNc2ncnn2C1. The molecule has 0 aromatic carbocycles. The summed E-state index contributed by atoms with van der Waals surface area (Å²) >= 11 is 0. The van der Waals surface area contributed by atoms with E-state index in [1.807, 2.05) is 12.3 Å². The first kappa shape index (κ1) is 4.55. The van der Waals surface area contributed by atoms with Crippen LogP contribution >= 0.6 is 0 Å². The summed E-state index contributed by atoms with van der Waals surface area (Å²) in [4.78, 5) is 3.95. The summed E-state index contributed by atoms with van der Waals surface area (Å²) in [6.45, 7) is 0.822. The highest BCUT2D eigenvalue weighted by Gasteiger charge is 2.01. The number of hydrogen-bond donors (Lipinski definition) is 1. The minimum absolute atomic E-state index is 0.817. The van der Waals surface area contributed by atoms with Gasteiger partial charge in [0.2, 0.25) is 5.95 Å². The second-order valence-corrected chi connectivity index (χ2v) is 1.81. The molecule has 0 saturated carbocycles. The fraction of sp³-hybridized carbons (Fsp3) is 0.200. The molecule has 1 aromatic heterocycles. The normalized spacial score (nSPS) is 14.7. The number of hydrogen-bond acceptors (Lipinski definition) is 3. The molecule has 1 aromatic rings. The van der Waals surface area contributed by atoms with Gasteiger partial charge in [0.05, 0.1) is 6.54 Å². The highest BCUT2D eigenvalue weighted by molar-refractivity contribution is 5.30. The van der Waals surface area contributed by atoms with Crippen molar-refractivity contribution in [1.29, 1.82) is 0 Å². The summed E-state index contributed by atoms with van der Waals surface area (Å²) in [5.41, 5.74) is 0. The van der Waals surface area contributed by atoms with Gasteiger partial charge >= 0.3 is 0 Å². The molecule has 9 heavy (non-hydrogen) atoms. The van der Waals surface area contributed by atoms with Gasteiger partial charge in [0, 0.05) is 6.20 Å². The van der Waals surface area contributed by atoms with Crippen LogP contribution in [0.4, 0.5) is 5.95 Å². The third-order valence-electron chi connectivity index (χ3n) is 1.22. The molecule has 0 radical (unpaired) electrons. The maximum atomic E-state index is 3.95. The molecule has 1 aliphatic rings. The molecular formula is C5H6N4. The van der Waals surface area contributed by atoms with Crippen LogP contribution in [0, 0.1) is 0 Å². The van der Waals surface area contributed by atoms with Crippen molar-refractivity contribution in [3.05, 3.63) is 18.6 Å². The van der Waals surface area contributed by atoms with E-state index in [-0.39, 0.29) is 0 Å². The Balaban J connectivity index is 2.46. The molecule has 0 unspecified atom stereocenters. The highest BCUT2D eigenvalue weighted by atomic mass is 15.4. The van der Waals surface area contributed by atoms with Gasteiger partial charge in [0.1, 0.15) is 6.33 Å². The second-order valence-electron chi connectivity index (χ2n) is 1.81. The molecule has 0 spiro atoms. The van der Waals surface area contributed by atoms with Crippen molar-refractivity contribution in [3.8, 4) is 0 Å². The maximum absolute atomic E-state index is 3.95. The first-order chi connectivity index (χ1) is 4.47. The van der Waals surface area contributed by atoms with Gasteiger partial charge in [-0.1, -0.05) is 0 Å². The van der Waals surface area contributed by atoms with E-state index in [9.17, 15) is 0 Å². The number of aromatic nitrogens is 3. The molecule has 0 saturated heterocycles. The van der Waals surface area contributed by atoms with Gasteiger partial charge in [-0.3, -0.25) is 0 Å². The molecular weight excluding hydrogens is 116 g/mol. The van der Waals surface area contributed by atoms with Crippen LogP contribution in [0.1, 0.15) is 0 Å². The van der Waals surface area contributed by atoms with Gasteiger partial charge in [-0.15, -0.1) is 0 Å². The first-order valence-corrected chi connectivity index (χ1v) is 2.76. The number of nitrogens with zero attached hydrogens (tertiary/aromatic N) is 3. The number of nitrogens with one attached hydrogen (secondary N) is 1. The van der Waals surface area contributed by atoms with Gasteiger partial charge in [-0.25, -0.2) is 4.68 Å².